The summed E-state index contributed by atoms with van der Waals surface area (Å²) in [5.74, 6) is 0. The third-order valence-corrected chi connectivity index (χ3v) is 4.30. The van der Waals surface area contributed by atoms with Gasteiger partial charge in [-0.2, -0.15) is 0 Å². The number of nitrogens with two attached hydrogens (primary N) is 1. The first kappa shape index (κ1) is 11.5. The highest BCUT2D eigenvalue weighted by atomic mass is 16.5. The van der Waals surface area contributed by atoms with Crippen LogP contribution in [0.2, 0.25) is 0 Å². The molecule has 0 heterocycles. The summed E-state index contributed by atoms with van der Waals surface area (Å²) in [5.41, 5.74) is 6.93. The number of methoxy groups -OCH3 is 1. The summed E-state index contributed by atoms with van der Waals surface area (Å²) in [6.07, 6.45) is 3.43. The molecule has 0 aromatic heterocycles. The molecular formula is C14H18N2O2. The van der Waals surface area contributed by atoms with Gasteiger partial charge in [-0.1, -0.05) is 18.2 Å². The van der Waals surface area contributed by atoms with E-state index in [0.29, 0.717) is 0 Å². The van der Waals surface area contributed by atoms with E-state index in [1.165, 1.54) is 7.11 Å². The first-order valence-electron chi connectivity index (χ1n) is 6.31. The predicted octanol–water partition coefficient (Wildman–Crippen LogP) is 2.28. The third kappa shape index (κ3) is 1.52. The summed E-state index contributed by atoms with van der Waals surface area (Å²) in [6.45, 7) is 0. The third-order valence-electron chi connectivity index (χ3n) is 4.30. The Kier molecular flexibility index (Phi) is 2.38. The summed E-state index contributed by atoms with van der Waals surface area (Å²) in [6, 6.07) is 9.71. The zero-order chi connectivity index (χ0) is 12.8. The number of carbonyl (C=O) groups is 1. The number of para-hydroxylation sites is 1. The lowest BCUT2D eigenvalue weighted by molar-refractivity contribution is 0.145. The summed E-state index contributed by atoms with van der Waals surface area (Å²) in [7, 11) is 1.43. The van der Waals surface area contributed by atoms with Crippen LogP contribution in [0.15, 0.2) is 30.3 Å². The highest BCUT2D eigenvalue weighted by molar-refractivity contribution is 5.90. The quantitative estimate of drug-likeness (QED) is 0.871. The molecule has 18 heavy (non-hydrogen) atoms. The Morgan fingerprint density at radius 1 is 1.28 bits per heavy atom. The van der Waals surface area contributed by atoms with E-state index in [-0.39, 0.29) is 17.2 Å². The van der Waals surface area contributed by atoms with E-state index in [9.17, 15) is 4.79 Å². The number of hydrogen-bond donors (Lipinski definition) is 1. The molecular weight excluding hydrogens is 228 g/mol. The molecule has 3 saturated carbocycles. The maximum absolute atomic E-state index is 12.1. The van der Waals surface area contributed by atoms with Crippen molar-refractivity contribution in [3.05, 3.63) is 30.3 Å². The summed E-state index contributed by atoms with van der Waals surface area (Å²) < 4.78 is 4.95. The molecule has 3 fully saturated rings. The number of amides is 1. The molecule has 4 heteroatoms. The van der Waals surface area contributed by atoms with Crippen molar-refractivity contribution in [3.63, 3.8) is 0 Å². The van der Waals surface area contributed by atoms with Gasteiger partial charge in [0.15, 0.2) is 0 Å². The molecule has 3 aliphatic carbocycles. The minimum Gasteiger partial charge on any atom is -0.452 e. The maximum Gasteiger partial charge on any atom is 0.414 e. The topological polar surface area (TPSA) is 55.6 Å². The highest BCUT2D eigenvalue weighted by Crippen LogP contribution is 2.57. The van der Waals surface area contributed by atoms with Crippen molar-refractivity contribution in [2.45, 2.75) is 36.8 Å². The van der Waals surface area contributed by atoms with Crippen LogP contribution in [0.25, 0.3) is 0 Å². The Balaban J connectivity index is 1.95. The van der Waals surface area contributed by atoms with Gasteiger partial charge in [0.2, 0.25) is 0 Å². The van der Waals surface area contributed by atoms with Crippen molar-refractivity contribution in [1.82, 2.24) is 0 Å². The van der Waals surface area contributed by atoms with Crippen LogP contribution in [0.1, 0.15) is 25.7 Å². The van der Waals surface area contributed by atoms with Crippen LogP contribution in [-0.4, -0.2) is 24.3 Å². The average molecular weight is 246 g/mol. The van der Waals surface area contributed by atoms with Gasteiger partial charge >= 0.3 is 6.09 Å². The number of benzene rings is 1. The molecule has 0 unspecified atom stereocenters. The molecule has 0 saturated heterocycles. The average Bonchev–Trinajstić information content (AvgIpc) is 2.84. The Labute approximate surface area is 107 Å². The molecule has 1 aromatic carbocycles. The van der Waals surface area contributed by atoms with Crippen LogP contribution in [0, 0.1) is 0 Å². The number of anilines is 1. The van der Waals surface area contributed by atoms with Gasteiger partial charge in [0, 0.05) is 11.2 Å². The monoisotopic (exact) mass is 246 g/mol. The molecule has 4 rings (SSSR count). The summed E-state index contributed by atoms with van der Waals surface area (Å²) in [4.78, 5) is 13.9. The summed E-state index contributed by atoms with van der Waals surface area (Å²) >= 11 is 0. The van der Waals surface area contributed by atoms with Crippen molar-refractivity contribution in [3.8, 4) is 0 Å². The zero-order valence-corrected chi connectivity index (χ0v) is 10.6. The standard InChI is InChI=1S/C14H18N2O2/c1-18-12(17)16(11-5-3-2-4-6-11)14-8-7-13(15,9-14)10-14/h2-6H,7-10,15H2,1H3. The van der Waals surface area contributed by atoms with Gasteiger partial charge in [-0.25, -0.2) is 4.79 Å². The van der Waals surface area contributed by atoms with Gasteiger partial charge in [-0.15, -0.1) is 0 Å². The van der Waals surface area contributed by atoms with E-state index >= 15 is 0 Å². The molecule has 2 bridgehead atoms. The molecule has 0 aliphatic heterocycles. The van der Waals surface area contributed by atoms with Gasteiger partial charge in [-0.3, -0.25) is 4.90 Å². The van der Waals surface area contributed by atoms with Crippen molar-refractivity contribution in [2.75, 3.05) is 12.0 Å². The molecule has 1 aromatic rings. The zero-order valence-electron chi connectivity index (χ0n) is 10.6. The first-order chi connectivity index (χ1) is 8.59. The van der Waals surface area contributed by atoms with Crippen molar-refractivity contribution >= 4 is 11.8 Å². The Morgan fingerprint density at radius 3 is 2.44 bits per heavy atom. The molecule has 0 spiro atoms. The molecule has 96 valence electrons. The number of carbonyl (C=O) groups excluding carboxylic acids is 1. The maximum atomic E-state index is 12.1. The molecule has 0 radical (unpaired) electrons. The van der Waals surface area contributed by atoms with Crippen LogP contribution in [0.4, 0.5) is 10.5 Å². The second-order valence-electron chi connectivity index (χ2n) is 5.58. The van der Waals surface area contributed by atoms with E-state index in [4.69, 9.17) is 10.5 Å². The minimum atomic E-state index is -0.287. The van der Waals surface area contributed by atoms with Crippen molar-refractivity contribution in [2.24, 2.45) is 5.73 Å². The second kappa shape index (κ2) is 3.72. The lowest BCUT2D eigenvalue weighted by atomic mass is 9.70. The Hall–Kier alpha value is -1.55. The SMILES string of the molecule is COC(=O)N(c1ccccc1)C12CCC(N)(C1)C2. The fourth-order valence-electron chi connectivity index (χ4n) is 3.61. The largest absolute Gasteiger partial charge is 0.452 e. The van der Waals surface area contributed by atoms with E-state index in [0.717, 1.165) is 31.4 Å². The van der Waals surface area contributed by atoms with Gasteiger partial charge in [0.1, 0.15) is 0 Å². The van der Waals surface area contributed by atoms with Crippen LogP contribution < -0.4 is 10.6 Å². The lowest BCUT2D eigenvalue weighted by Crippen LogP contribution is -2.63. The van der Waals surface area contributed by atoms with Crippen molar-refractivity contribution < 1.29 is 9.53 Å². The van der Waals surface area contributed by atoms with Crippen LogP contribution in [-0.2, 0) is 4.74 Å². The van der Waals surface area contributed by atoms with E-state index in [1.807, 2.05) is 30.3 Å². The molecule has 0 atom stereocenters. The highest BCUT2D eigenvalue weighted by Gasteiger charge is 2.63. The number of ether oxygens (including phenoxy) is 1. The van der Waals surface area contributed by atoms with Crippen LogP contribution in [0.5, 0.6) is 0 Å². The Morgan fingerprint density at radius 2 is 1.94 bits per heavy atom. The van der Waals surface area contributed by atoms with E-state index in [1.54, 1.807) is 4.90 Å². The van der Waals surface area contributed by atoms with Crippen LogP contribution in [0.3, 0.4) is 0 Å². The first-order valence-corrected chi connectivity index (χ1v) is 6.31. The van der Waals surface area contributed by atoms with Gasteiger partial charge in [0.25, 0.3) is 0 Å². The normalized spacial score (nSPS) is 32.8. The number of nitrogens with zero attached hydrogens (tertiary/aromatic N) is 1. The van der Waals surface area contributed by atoms with Crippen molar-refractivity contribution in [1.29, 1.82) is 0 Å². The van der Waals surface area contributed by atoms with E-state index < -0.39 is 0 Å². The van der Waals surface area contributed by atoms with Crippen LogP contribution >= 0.6 is 0 Å². The van der Waals surface area contributed by atoms with Gasteiger partial charge in [0.05, 0.1) is 12.6 Å². The Bertz CT molecular complexity index is 466. The summed E-state index contributed by atoms with van der Waals surface area (Å²) in [5, 5.41) is 0. The second-order valence-corrected chi connectivity index (χ2v) is 5.58. The lowest BCUT2D eigenvalue weighted by Gasteiger charge is -2.50. The van der Waals surface area contributed by atoms with Gasteiger partial charge < -0.3 is 10.5 Å². The number of fused-ring (bicyclic) bond motifs is 1. The number of rotatable bonds is 2. The fourth-order valence-corrected chi connectivity index (χ4v) is 3.61. The smallest absolute Gasteiger partial charge is 0.414 e. The molecule has 3 aliphatic rings. The fraction of sp³-hybridized carbons (Fsp3) is 0.500. The number of hydrogen-bond acceptors (Lipinski definition) is 3. The molecule has 2 N–H and O–H groups in total. The van der Waals surface area contributed by atoms with E-state index in [2.05, 4.69) is 0 Å². The predicted molar refractivity (Wildman–Crippen MR) is 69.4 cm³/mol. The minimum absolute atomic E-state index is 0.0545. The molecule has 4 nitrogen and oxygen atoms in total. The molecule has 1 amide bonds. The van der Waals surface area contributed by atoms with Gasteiger partial charge in [-0.05, 0) is 37.8 Å².